The van der Waals surface area contributed by atoms with Crippen LogP contribution in [0.4, 0.5) is 23.7 Å². The van der Waals surface area contributed by atoms with E-state index in [4.69, 9.17) is 0 Å². The molecule has 29 heavy (non-hydrogen) atoms. The highest BCUT2D eigenvalue weighted by atomic mass is 19.3. The average Bonchev–Trinajstić information content (AvgIpc) is 2.67. The molecule has 5 nitrogen and oxygen atoms in total. The van der Waals surface area contributed by atoms with Crippen molar-refractivity contribution >= 4 is 11.7 Å². The molecule has 0 aromatic heterocycles. The second kappa shape index (κ2) is 9.65. The molecule has 1 aliphatic rings. The molecule has 8 heteroatoms. The molecule has 0 radical (unpaired) electrons. The SMILES string of the molecule is Cc1cccc(OC(F)F)c1NC(=O)NC1CCN(Cc2ccc(F)cc2)CC1. The van der Waals surface area contributed by atoms with Gasteiger partial charge in [-0.05, 0) is 49.1 Å². The van der Waals surface area contributed by atoms with E-state index >= 15 is 0 Å². The maximum atomic E-state index is 13.0. The summed E-state index contributed by atoms with van der Waals surface area (Å²) >= 11 is 0. The summed E-state index contributed by atoms with van der Waals surface area (Å²) in [5.41, 5.74) is 1.91. The van der Waals surface area contributed by atoms with E-state index in [1.807, 2.05) is 0 Å². The van der Waals surface area contributed by atoms with Crippen LogP contribution in [0.2, 0.25) is 0 Å². The fourth-order valence-electron chi connectivity index (χ4n) is 3.41. The molecule has 1 heterocycles. The first kappa shape index (κ1) is 21.0. The van der Waals surface area contributed by atoms with Gasteiger partial charge < -0.3 is 15.4 Å². The number of aryl methyl sites for hydroxylation is 1. The van der Waals surface area contributed by atoms with Gasteiger partial charge >= 0.3 is 12.6 Å². The maximum Gasteiger partial charge on any atom is 0.387 e. The number of amides is 2. The summed E-state index contributed by atoms with van der Waals surface area (Å²) in [5, 5.41) is 5.53. The molecule has 3 rings (SSSR count). The minimum atomic E-state index is -2.97. The monoisotopic (exact) mass is 407 g/mol. The van der Waals surface area contributed by atoms with Crippen molar-refractivity contribution in [2.45, 2.75) is 39.0 Å². The third-order valence-corrected chi connectivity index (χ3v) is 4.93. The smallest absolute Gasteiger partial charge is 0.387 e. The van der Waals surface area contributed by atoms with Gasteiger partial charge in [-0.1, -0.05) is 24.3 Å². The van der Waals surface area contributed by atoms with Gasteiger partial charge in [-0.2, -0.15) is 8.78 Å². The third-order valence-electron chi connectivity index (χ3n) is 4.93. The highest BCUT2D eigenvalue weighted by Crippen LogP contribution is 2.29. The highest BCUT2D eigenvalue weighted by Gasteiger charge is 2.22. The lowest BCUT2D eigenvalue weighted by atomic mass is 10.0. The van der Waals surface area contributed by atoms with Crippen LogP contribution in [0.15, 0.2) is 42.5 Å². The van der Waals surface area contributed by atoms with Gasteiger partial charge in [-0.15, -0.1) is 0 Å². The van der Waals surface area contributed by atoms with Crippen LogP contribution in [0.5, 0.6) is 5.75 Å². The molecular formula is C21H24F3N3O2. The van der Waals surface area contributed by atoms with Gasteiger partial charge in [0.25, 0.3) is 0 Å². The number of alkyl halides is 2. The number of nitrogens with zero attached hydrogens (tertiary/aromatic N) is 1. The van der Waals surface area contributed by atoms with Crippen molar-refractivity contribution in [2.24, 2.45) is 0 Å². The van der Waals surface area contributed by atoms with Crippen LogP contribution in [-0.4, -0.2) is 36.7 Å². The summed E-state index contributed by atoms with van der Waals surface area (Å²) in [5.74, 6) is -0.317. The van der Waals surface area contributed by atoms with E-state index in [1.54, 1.807) is 31.2 Å². The second-order valence-electron chi connectivity index (χ2n) is 7.10. The van der Waals surface area contributed by atoms with Crippen LogP contribution in [0.25, 0.3) is 0 Å². The van der Waals surface area contributed by atoms with Gasteiger partial charge in [0.1, 0.15) is 11.6 Å². The Morgan fingerprint density at radius 1 is 1.17 bits per heavy atom. The summed E-state index contributed by atoms with van der Waals surface area (Å²) in [6, 6.07) is 10.7. The van der Waals surface area contributed by atoms with E-state index in [2.05, 4.69) is 20.3 Å². The van der Waals surface area contributed by atoms with Crippen LogP contribution in [0, 0.1) is 12.7 Å². The Bertz CT molecular complexity index is 822. The predicted octanol–water partition coefficient (Wildman–Crippen LogP) is 4.52. The van der Waals surface area contributed by atoms with E-state index in [0.717, 1.165) is 38.0 Å². The molecule has 1 aliphatic heterocycles. The molecule has 0 unspecified atom stereocenters. The lowest BCUT2D eigenvalue weighted by molar-refractivity contribution is -0.0493. The molecule has 2 aromatic carbocycles. The van der Waals surface area contributed by atoms with Crippen LogP contribution >= 0.6 is 0 Å². The number of ether oxygens (including phenoxy) is 1. The third kappa shape index (κ3) is 6.12. The first-order valence-electron chi connectivity index (χ1n) is 9.49. The predicted molar refractivity (Wildman–Crippen MR) is 105 cm³/mol. The molecule has 1 saturated heterocycles. The molecule has 0 aliphatic carbocycles. The maximum absolute atomic E-state index is 13.0. The van der Waals surface area contributed by atoms with Crippen LogP contribution in [0.1, 0.15) is 24.0 Å². The van der Waals surface area contributed by atoms with Gasteiger partial charge in [0, 0.05) is 25.7 Å². The lowest BCUT2D eigenvalue weighted by Gasteiger charge is -2.32. The molecule has 0 saturated carbocycles. The first-order valence-corrected chi connectivity index (χ1v) is 9.49. The summed E-state index contributed by atoms with van der Waals surface area (Å²) in [6.45, 7) is 1.07. The standard InChI is InChI=1S/C21H24F3N3O2/c1-14-3-2-4-18(29-20(23)24)19(14)26-21(28)25-17-9-11-27(12-10-17)13-15-5-7-16(22)8-6-15/h2-8,17,20H,9-13H2,1H3,(H2,25,26,28). The Morgan fingerprint density at radius 3 is 2.52 bits per heavy atom. The Balaban J connectivity index is 1.49. The van der Waals surface area contributed by atoms with E-state index in [0.29, 0.717) is 5.56 Å². The van der Waals surface area contributed by atoms with E-state index in [-0.39, 0.29) is 23.3 Å². The molecule has 0 bridgehead atoms. The van der Waals surface area contributed by atoms with Crippen molar-refractivity contribution in [3.05, 3.63) is 59.4 Å². The number of hydrogen-bond donors (Lipinski definition) is 2. The number of piperidine rings is 1. The number of carbonyl (C=O) groups excluding carboxylic acids is 1. The number of para-hydroxylation sites is 1. The van der Waals surface area contributed by atoms with E-state index < -0.39 is 12.6 Å². The van der Waals surface area contributed by atoms with Gasteiger partial charge in [0.05, 0.1) is 5.69 Å². The molecule has 2 aromatic rings. The quantitative estimate of drug-likeness (QED) is 0.740. The van der Waals surface area contributed by atoms with Gasteiger partial charge in [0.2, 0.25) is 0 Å². The fraction of sp³-hybridized carbons (Fsp3) is 0.381. The molecule has 2 N–H and O–H groups in total. The summed E-state index contributed by atoms with van der Waals surface area (Å²) in [4.78, 5) is 14.6. The van der Waals surface area contributed by atoms with Gasteiger partial charge in [-0.3, -0.25) is 4.90 Å². The molecule has 1 fully saturated rings. The van der Waals surface area contributed by atoms with Crippen molar-refractivity contribution in [1.82, 2.24) is 10.2 Å². The van der Waals surface area contributed by atoms with Crippen molar-refractivity contribution in [1.29, 1.82) is 0 Å². The summed E-state index contributed by atoms with van der Waals surface area (Å²) in [7, 11) is 0. The zero-order chi connectivity index (χ0) is 20.8. The second-order valence-corrected chi connectivity index (χ2v) is 7.10. The minimum absolute atomic E-state index is 0.0112. The summed E-state index contributed by atoms with van der Waals surface area (Å²) in [6.07, 6.45) is 1.53. The molecule has 0 spiro atoms. The number of anilines is 1. The number of halogens is 3. The Kier molecular flexibility index (Phi) is 6.98. The van der Waals surface area contributed by atoms with Gasteiger partial charge in [0.15, 0.2) is 0 Å². The normalized spacial score (nSPS) is 15.3. The van der Waals surface area contributed by atoms with Crippen LogP contribution < -0.4 is 15.4 Å². The largest absolute Gasteiger partial charge is 0.433 e. The fourth-order valence-corrected chi connectivity index (χ4v) is 3.41. The first-order chi connectivity index (χ1) is 13.9. The number of rotatable bonds is 6. The Morgan fingerprint density at radius 2 is 1.86 bits per heavy atom. The van der Waals surface area contributed by atoms with Gasteiger partial charge in [-0.25, -0.2) is 9.18 Å². The number of likely N-dealkylation sites (tertiary alicyclic amines) is 1. The zero-order valence-electron chi connectivity index (χ0n) is 16.1. The average molecular weight is 407 g/mol. The Labute approximate surface area is 167 Å². The molecule has 156 valence electrons. The number of benzene rings is 2. The van der Waals surface area contributed by atoms with E-state index in [1.165, 1.54) is 18.2 Å². The minimum Gasteiger partial charge on any atom is -0.433 e. The van der Waals surface area contributed by atoms with Crippen molar-refractivity contribution < 1.29 is 22.7 Å². The van der Waals surface area contributed by atoms with Crippen molar-refractivity contribution in [2.75, 3.05) is 18.4 Å². The number of nitrogens with one attached hydrogen (secondary N) is 2. The van der Waals surface area contributed by atoms with E-state index in [9.17, 15) is 18.0 Å². The van der Waals surface area contributed by atoms with Crippen LogP contribution in [0.3, 0.4) is 0 Å². The number of carbonyl (C=O) groups is 1. The van der Waals surface area contributed by atoms with Crippen molar-refractivity contribution in [3.63, 3.8) is 0 Å². The number of hydrogen-bond acceptors (Lipinski definition) is 3. The lowest BCUT2D eigenvalue weighted by Crippen LogP contribution is -2.45. The molecule has 2 amide bonds. The number of urea groups is 1. The Hall–Kier alpha value is -2.74. The van der Waals surface area contributed by atoms with Crippen LogP contribution in [-0.2, 0) is 6.54 Å². The molecular weight excluding hydrogens is 383 g/mol. The van der Waals surface area contributed by atoms with Crippen molar-refractivity contribution in [3.8, 4) is 5.75 Å². The molecule has 0 atom stereocenters. The highest BCUT2D eigenvalue weighted by molar-refractivity contribution is 5.92. The zero-order valence-corrected chi connectivity index (χ0v) is 16.1. The summed E-state index contributed by atoms with van der Waals surface area (Å²) < 4.78 is 42.7. The topological polar surface area (TPSA) is 53.6 Å².